The largest absolute Gasteiger partial charge is 0.341 e. The maximum atomic E-state index is 12.7. The van der Waals surface area contributed by atoms with E-state index in [9.17, 15) is 4.79 Å². The Morgan fingerprint density at radius 2 is 1.93 bits per heavy atom. The van der Waals surface area contributed by atoms with Crippen LogP contribution in [0, 0.1) is 5.92 Å². The second-order valence-electron chi connectivity index (χ2n) is 7.70. The predicted octanol–water partition coefficient (Wildman–Crippen LogP) is 5.28. The number of benzene rings is 1. The Hall–Kier alpha value is -2.27. The van der Waals surface area contributed by atoms with Gasteiger partial charge in [0.2, 0.25) is 0 Å². The number of nitrogens with zero attached hydrogens (tertiary/aromatic N) is 3. The molecule has 2 aromatic heterocycles. The predicted molar refractivity (Wildman–Crippen MR) is 115 cm³/mol. The highest BCUT2D eigenvalue weighted by Gasteiger charge is 2.19. The summed E-state index contributed by atoms with van der Waals surface area (Å²) >= 11 is 1.75. The summed E-state index contributed by atoms with van der Waals surface area (Å²) in [5, 5.41) is 0. The van der Waals surface area contributed by atoms with E-state index in [0.717, 1.165) is 34.1 Å². The Morgan fingerprint density at radius 3 is 2.68 bits per heavy atom. The lowest BCUT2D eigenvalue weighted by Gasteiger charge is -2.27. The Balaban J connectivity index is 1.33. The van der Waals surface area contributed by atoms with Crippen molar-refractivity contribution in [3.05, 3.63) is 66.1 Å². The normalized spacial score (nSPS) is 15.0. The van der Waals surface area contributed by atoms with E-state index >= 15 is 0 Å². The van der Waals surface area contributed by atoms with Gasteiger partial charge >= 0.3 is 0 Å². The molecule has 5 heteroatoms. The van der Waals surface area contributed by atoms with Gasteiger partial charge in [-0.05, 0) is 55.2 Å². The quantitative estimate of drug-likeness (QED) is 0.535. The second-order valence-corrected chi connectivity index (χ2v) is 8.75. The first-order valence-corrected chi connectivity index (χ1v) is 11.1. The molecule has 2 heterocycles. The average Bonchev–Trinajstić information content (AvgIpc) is 3.16. The maximum Gasteiger partial charge on any atom is 0.253 e. The molecule has 0 aliphatic heterocycles. The molecule has 1 fully saturated rings. The van der Waals surface area contributed by atoms with Crippen LogP contribution in [0.15, 0.2) is 59.8 Å². The number of amides is 1. The minimum atomic E-state index is 0.127. The molecule has 3 aromatic rings. The zero-order valence-electron chi connectivity index (χ0n) is 16.4. The summed E-state index contributed by atoms with van der Waals surface area (Å²) in [7, 11) is 1.93. The van der Waals surface area contributed by atoms with E-state index in [1.165, 1.54) is 32.1 Å². The van der Waals surface area contributed by atoms with Crippen LogP contribution >= 0.6 is 11.8 Å². The molecule has 0 saturated heterocycles. The van der Waals surface area contributed by atoms with E-state index in [-0.39, 0.29) is 5.91 Å². The number of rotatable bonds is 6. The lowest BCUT2D eigenvalue weighted by Crippen LogP contribution is -2.32. The van der Waals surface area contributed by atoms with E-state index in [2.05, 4.69) is 11.2 Å². The van der Waals surface area contributed by atoms with Crippen molar-refractivity contribution in [3.8, 4) is 0 Å². The lowest BCUT2D eigenvalue weighted by molar-refractivity contribution is 0.0760. The van der Waals surface area contributed by atoms with Crippen molar-refractivity contribution in [1.29, 1.82) is 0 Å². The van der Waals surface area contributed by atoms with Crippen LogP contribution < -0.4 is 0 Å². The van der Waals surface area contributed by atoms with E-state index in [4.69, 9.17) is 0 Å². The molecule has 1 aliphatic carbocycles. The number of hydrogen-bond donors (Lipinski definition) is 0. The van der Waals surface area contributed by atoms with Crippen LogP contribution in [-0.2, 0) is 5.75 Å². The topological polar surface area (TPSA) is 37.6 Å². The molecule has 1 aromatic carbocycles. The molecule has 0 spiro atoms. The van der Waals surface area contributed by atoms with E-state index in [0.29, 0.717) is 5.92 Å². The van der Waals surface area contributed by atoms with Crippen molar-refractivity contribution in [1.82, 2.24) is 14.3 Å². The summed E-state index contributed by atoms with van der Waals surface area (Å²) < 4.78 is 2.04. The third-order valence-corrected chi connectivity index (χ3v) is 6.55. The summed E-state index contributed by atoms with van der Waals surface area (Å²) in [6.07, 6.45) is 10.6. The van der Waals surface area contributed by atoms with Gasteiger partial charge in [0.1, 0.15) is 5.65 Å². The van der Waals surface area contributed by atoms with Gasteiger partial charge in [-0.2, -0.15) is 0 Å². The van der Waals surface area contributed by atoms with Gasteiger partial charge in [0.05, 0.1) is 5.69 Å². The molecule has 0 atom stereocenters. The summed E-state index contributed by atoms with van der Waals surface area (Å²) in [5.41, 5.74) is 2.80. The van der Waals surface area contributed by atoms with Gasteiger partial charge in [0.15, 0.2) is 0 Å². The molecule has 28 heavy (non-hydrogen) atoms. The van der Waals surface area contributed by atoms with Crippen LogP contribution in [0.5, 0.6) is 0 Å². The molecule has 1 aliphatic rings. The monoisotopic (exact) mass is 393 g/mol. The van der Waals surface area contributed by atoms with Crippen LogP contribution in [0.3, 0.4) is 0 Å². The average molecular weight is 394 g/mol. The Bertz CT molecular complexity index is 895. The van der Waals surface area contributed by atoms with Crippen LogP contribution in [0.1, 0.15) is 48.2 Å². The molecule has 0 radical (unpaired) electrons. The Labute approximate surface area is 171 Å². The van der Waals surface area contributed by atoms with Crippen LogP contribution in [0.2, 0.25) is 0 Å². The van der Waals surface area contributed by atoms with E-state index in [1.54, 1.807) is 11.8 Å². The lowest BCUT2D eigenvalue weighted by atomic mass is 9.89. The standard InChI is InChI=1S/C23H27N3OS/c1-25(15-18-7-3-2-4-8-18)23(27)19-10-12-21(13-11-19)28-17-20-16-26-14-6-5-9-22(26)24-20/h5-6,9-14,16,18H,2-4,7-8,15,17H2,1H3. The summed E-state index contributed by atoms with van der Waals surface area (Å²) in [4.78, 5) is 20.4. The van der Waals surface area contributed by atoms with Crippen molar-refractivity contribution >= 4 is 23.3 Å². The molecule has 4 rings (SSSR count). The SMILES string of the molecule is CN(CC1CCCCC1)C(=O)c1ccc(SCc2cn3ccccc3n2)cc1. The first kappa shape index (κ1) is 19.1. The third kappa shape index (κ3) is 4.58. The molecule has 0 N–H and O–H groups in total. The summed E-state index contributed by atoms with van der Waals surface area (Å²) in [6.45, 7) is 0.878. The van der Waals surface area contributed by atoms with Crippen molar-refractivity contribution < 1.29 is 4.79 Å². The fraction of sp³-hybridized carbons (Fsp3) is 0.391. The Kier molecular flexibility index (Phi) is 6.01. The van der Waals surface area contributed by atoms with E-state index < -0.39 is 0 Å². The highest BCUT2D eigenvalue weighted by atomic mass is 32.2. The zero-order valence-corrected chi connectivity index (χ0v) is 17.2. The number of carbonyl (C=O) groups excluding carboxylic acids is 1. The highest BCUT2D eigenvalue weighted by molar-refractivity contribution is 7.98. The third-order valence-electron chi connectivity index (χ3n) is 5.51. The fourth-order valence-corrected chi connectivity index (χ4v) is 4.75. The second kappa shape index (κ2) is 8.82. The van der Waals surface area contributed by atoms with E-state index in [1.807, 2.05) is 65.0 Å². The van der Waals surface area contributed by atoms with Crippen LogP contribution in [-0.4, -0.2) is 33.8 Å². The number of thioether (sulfide) groups is 1. The van der Waals surface area contributed by atoms with Crippen molar-refractivity contribution in [2.24, 2.45) is 5.92 Å². The molecular weight excluding hydrogens is 366 g/mol. The number of pyridine rings is 1. The van der Waals surface area contributed by atoms with Gasteiger partial charge in [0.25, 0.3) is 5.91 Å². The fourth-order valence-electron chi connectivity index (χ4n) is 3.97. The molecule has 4 nitrogen and oxygen atoms in total. The van der Waals surface area contributed by atoms with Gasteiger partial charge in [-0.3, -0.25) is 4.79 Å². The van der Waals surface area contributed by atoms with Gasteiger partial charge in [-0.15, -0.1) is 11.8 Å². The summed E-state index contributed by atoms with van der Waals surface area (Å²) in [5.74, 6) is 1.61. The molecule has 0 bridgehead atoms. The van der Waals surface area contributed by atoms with Gasteiger partial charge in [-0.1, -0.05) is 25.3 Å². The van der Waals surface area contributed by atoms with Crippen LogP contribution in [0.4, 0.5) is 0 Å². The van der Waals surface area contributed by atoms with Crippen molar-refractivity contribution in [3.63, 3.8) is 0 Å². The van der Waals surface area contributed by atoms with Gasteiger partial charge in [-0.25, -0.2) is 4.98 Å². The minimum absolute atomic E-state index is 0.127. The molecule has 146 valence electrons. The number of aromatic nitrogens is 2. The number of hydrogen-bond acceptors (Lipinski definition) is 3. The first-order chi connectivity index (χ1) is 13.7. The minimum Gasteiger partial charge on any atom is -0.341 e. The van der Waals surface area contributed by atoms with Gasteiger partial charge in [0, 0.05) is 42.2 Å². The molecule has 1 amide bonds. The summed E-state index contributed by atoms with van der Waals surface area (Å²) in [6, 6.07) is 14.0. The van der Waals surface area contributed by atoms with Crippen molar-refractivity contribution in [2.45, 2.75) is 42.8 Å². The molecule has 0 unspecified atom stereocenters. The maximum absolute atomic E-state index is 12.7. The number of carbonyl (C=O) groups is 1. The first-order valence-electron chi connectivity index (χ1n) is 10.1. The number of imidazole rings is 1. The highest BCUT2D eigenvalue weighted by Crippen LogP contribution is 2.26. The molecule has 1 saturated carbocycles. The van der Waals surface area contributed by atoms with Crippen LogP contribution in [0.25, 0.3) is 5.65 Å². The number of fused-ring (bicyclic) bond motifs is 1. The zero-order chi connectivity index (χ0) is 19.3. The van der Waals surface area contributed by atoms with Crippen molar-refractivity contribution in [2.75, 3.05) is 13.6 Å². The Morgan fingerprint density at radius 1 is 1.14 bits per heavy atom. The molecular formula is C23H27N3OS. The smallest absolute Gasteiger partial charge is 0.253 e. The van der Waals surface area contributed by atoms with Gasteiger partial charge < -0.3 is 9.30 Å².